The topological polar surface area (TPSA) is 83.8 Å². The predicted molar refractivity (Wildman–Crippen MR) is 43.4 cm³/mol. The molecule has 0 aliphatic heterocycles. The highest BCUT2D eigenvalue weighted by Crippen LogP contribution is 2.08. The van der Waals surface area contributed by atoms with Crippen molar-refractivity contribution in [1.82, 2.24) is 9.97 Å². The molecule has 5 nitrogen and oxygen atoms in total. The Hall–Kier alpha value is -1.52. The number of hydrogen-bond donors (Lipinski definition) is 3. The standard InChI is InChI=1S/C6H10N4O/c1-2-8-4-3-9-6(11)10-5(4)7/h3,8H,2H2,1H3,(H3,7,9,10,11). The van der Waals surface area contributed by atoms with E-state index in [9.17, 15) is 4.79 Å². The van der Waals surface area contributed by atoms with E-state index in [2.05, 4.69) is 15.3 Å². The molecule has 0 bridgehead atoms. The SMILES string of the molecule is CCNc1cnc(=O)[nH]c1N. The van der Waals surface area contributed by atoms with Gasteiger partial charge in [-0.05, 0) is 6.92 Å². The molecule has 0 saturated heterocycles. The molecule has 5 heteroatoms. The van der Waals surface area contributed by atoms with Crippen LogP contribution < -0.4 is 16.7 Å². The van der Waals surface area contributed by atoms with Crippen LogP contribution in [0.25, 0.3) is 0 Å². The summed E-state index contributed by atoms with van der Waals surface area (Å²) in [7, 11) is 0. The number of nitrogens with two attached hydrogens (primary N) is 1. The van der Waals surface area contributed by atoms with Crippen molar-refractivity contribution < 1.29 is 0 Å². The molecular formula is C6H10N4O. The van der Waals surface area contributed by atoms with Crippen LogP contribution in [0.5, 0.6) is 0 Å². The van der Waals surface area contributed by atoms with E-state index >= 15 is 0 Å². The predicted octanol–water partition coefficient (Wildman–Crippen LogP) is -0.216. The van der Waals surface area contributed by atoms with Gasteiger partial charge in [0.15, 0.2) is 0 Å². The maximum absolute atomic E-state index is 10.6. The quantitative estimate of drug-likeness (QED) is 0.550. The number of anilines is 2. The van der Waals surface area contributed by atoms with E-state index in [1.807, 2.05) is 6.92 Å². The maximum atomic E-state index is 10.6. The molecule has 1 heterocycles. The van der Waals surface area contributed by atoms with Crippen LogP contribution in [0.1, 0.15) is 6.92 Å². The van der Waals surface area contributed by atoms with Crippen molar-refractivity contribution in [2.24, 2.45) is 0 Å². The summed E-state index contributed by atoms with van der Waals surface area (Å²) in [5.41, 5.74) is 5.68. The van der Waals surface area contributed by atoms with Gasteiger partial charge in [-0.1, -0.05) is 0 Å². The van der Waals surface area contributed by atoms with Crippen LogP contribution in [0.4, 0.5) is 11.5 Å². The zero-order valence-electron chi connectivity index (χ0n) is 6.22. The van der Waals surface area contributed by atoms with Gasteiger partial charge in [0.1, 0.15) is 5.82 Å². The third kappa shape index (κ3) is 1.70. The lowest BCUT2D eigenvalue weighted by molar-refractivity contribution is 1.07. The first-order valence-corrected chi connectivity index (χ1v) is 3.32. The third-order valence-corrected chi connectivity index (χ3v) is 1.21. The fourth-order valence-electron chi connectivity index (χ4n) is 0.739. The minimum Gasteiger partial charge on any atom is -0.383 e. The number of nitrogens with zero attached hydrogens (tertiary/aromatic N) is 1. The number of H-pyrrole nitrogens is 1. The lowest BCUT2D eigenvalue weighted by atomic mass is 10.5. The maximum Gasteiger partial charge on any atom is 0.346 e. The zero-order valence-corrected chi connectivity index (χ0v) is 6.22. The van der Waals surface area contributed by atoms with Crippen molar-refractivity contribution in [3.63, 3.8) is 0 Å². The first-order chi connectivity index (χ1) is 5.24. The summed E-state index contributed by atoms with van der Waals surface area (Å²) in [6.07, 6.45) is 1.41. The van der Waals surface area contributed by atoms with Crippen molar-refractivity contribution in [1.29, 1.82) is 0 Å². The van der Waals surface area contributed by atoms with Crippen LogP contribution >= 0.6 is 0 Å². The largest absolute Gasteiger partial charge is 0.383 e. The molecular weight excluding hydrogens is 144 g/mol. The van der Waals surface area contributed by atoms with Crippen molar-refractivity contribution in [2.45, 2.75) is 6.92 Å². The monoisotopic (exact) mass is 154 g/mol. The molecule has 0 atom stereocenters. The van der Waals surface area contributed by atoms with Gasteiger partial charge in [0.05, 0.1) is 11.9 Å². The van der Waals surface area contributed by atoms with Crippen molar-refractivity contribution >= 4 is 11.5 Å². The Labute approximate surface area is 63.7 Å². The molecule has 60 valence electrons. The van der Waals surface area contributed by atoms with Crippen LogP contribution in [-0.2, 0) is 0 Å². The van der Waals surface area contributed by atoms with Crippen molar-refractivity contribution in [2.75, 3.05) is 17.6 Å². The van der Waals surface area contributed by atoms with Crippen molar-refractivity contribution in [3.05, 3.63) is 16.7 Å². The highest BCUT2D eigenvalue weighted by Gasteiger charge is 1.96. The Balaban J connectivity index is 2.99. The summed E-state index contributed by atoms with van der Waals surface area (Å²) in [4.78, 5) is 16.4. The third-order valence-electron chi connectivity index (χ3n) is 1.21. The van der Waals surface area contributed by atoms with E-state index < -0.39 is 5.69 Å². The number of rotatable bonds is 2. The number of aromatic amines is 1. The molecule has 1 aromatic heterocycles. The molecule has 0 radical (unpaired) electrons. The Kier molecular flexibility index (Phi) is 2.10. The Bertz CT molecular complexity index is 293. The van der Waals surface area contributed by atoms with E-state index in [4.69, 9.17) is 5.73 Å². The molecule has 0 aliphatic rings. The van der Waals surface area contributed by atoms with Gasteiger partial charge in [-0.3, -0.25) is 4.98 Å². The van der Waals surface area contributed by atoms with E-state index in [0.29, 0.717) is 11.5 Å². The first-order valence-electron chi connectivity index (χ1n) is 3.32. The van der Waals surface area contributed by atoms with Crippen molar-refractivity contribution in [3.8, 4) is 0 Å². The molecule has 1 rings (SSSR count). The van der Waals surface area contributed by atoms with Gasteiger partial charge in [0.2, 0.25) is 0 Å². The van der Waals surface area contributed by atoms with E-state index in [1.54, 1.807) is 0 Å². The summed E-state index contributed by atoms with van der Waals surface area (Å²) in [6, 6.07) is 0. The Morgan fingerprint density at radius 1 is 1.82 bits per heavy atom. The Morgan fingerprint density at radius 3 is 3.09 bits per heavy atom. The molecule has 0 spiro atoms. The van der Waals surface area contributed by atoms with Gasteiger partial charge >= 0.3 is 5.69 Å². The van der Waals surface area contributed by atoms with E-state index in [1.165, 1.54) is 6.20 Å². The van der Waals surface area contributed by atoms with Gasteiger partial charge in [0, 0.05) is 6.54 Å². The number of nitrogens with one attached hydrogen (secondary N) is 2. The van der Waals surface area contributed by atoms with Gasteiger partial charge in [-0.15, -0.1) is 0 Å². The summed E-state index contributed by atoms with van der Waals surface area (Å²) >= 11 is 0. The molecule has 0 saturated carbocycles. The number of aromatic nitrogens is 2. The highest BCUT2D eigenvalue weighted by molar-refractivity contribution is 5.59. The lowest BCUT2D eigenvalue weighted by Crippen LogP contribution is -2.14. The lowest BCUT2D eigenvalue weighted by Gasteiger charge is -2.03. The summed E-state index contributed by atoms with van der Waals surface area (Å²) in [6.45, 7) is 2.68. The smallest absolute Gasteiger partial charge is 0.346 e. The Morgan fingerprint density at radius 2 is 2.55 bits per heavy atom. The minimum atomic E-state index is -0.427. The van der Waals surface area contributed by atoms with Crippen LogP contribution in [-0.4, -0.2) is 16.5 Å². The van der Waals surface area contributed by atoms with Crippen LogP contribution in [0, 0.1) is 0 Å². The molecule has 4 N–H and O–H groups in total. The second-order valence-corrected chi connectivity index (χ2v) is 2.05. The van der Waals surface area contributed by atoms with Crippen LogP contribution in [0.2, 0.25) is 0 Å². The summed E-state index contributed by atoms with van der Waals surface area (Å²) in [5, 5.41) is 2.95. The van der Waals surface area contributed by atoms with Gasteiger partial charge in [0.25, 0.3) is 0 Å². The van der Waals surface area contributed by atoms with Gasteiger partial charge < -0.3 is 11.1 Å². The summed E-state index contributed by atoms with van der Waals surface area (Å²) in [5.74, 6) is 0.326. The average Bonchev–Trinajstić information content (AvgIpc) is 1.95. The van der Waals surface area contributed by atoms with Crippen LogP contribution in [0.15, 0.2) is 11.0 Å². The molecule has 11 heavy (non-hydrogen) atoms. The van der Waals surface area contributed by atoms with Gasteiger partial charge in [-0.25, -0.2) is 4.79 Å². The second kappa shape index (κ2) is 3.05. The highest BCUT2D eigenvalue weighted by atomic mass is 16.1. The second-order valence-electron chi connectivity index (χ2n) is 2.05. The molecule has 0 amide bonds. The van der Waals surface area contributed by atoms with E-state index in [-0.39, 0.29) is 0 Å². The normalized spacial score (nSPS) is 9.55. The minimum absolute atomic E-state index is 0.326. The fraction of sp³-hybridized carbons (Fsp3) is 0.333. The molecule has 0 fully saturated rings. The van der Waals surface area contributed by atoms with Gasteiger partial charge in [-0.2, -0.15) is 4.98 Å². The summed E-state index contributed by atoms with van der Waals surface area (Å²) < 4.78 is 0. The average molecular weight is 154 g/mol. The number of nitrogen functional groups attached to an aromatic ring is 1. The van der Waals surface area contributed by atoms with Crippen LogP contribution in [0.3, 0.4) is 0 Å². The van der Waals surface area contributed by atoms with E-state index in [0.717, 1.165) is 6.54 Å². The molecule has 0 unspecified atom stereocenters. The molecule has 0 aromatic carbocycles. The zero-order chi connectivity index (χ0) is 8.27. The molecule has 1 aromatic rings. The first kappa shape index (κ1) is 7.59. The molecule has 0 aliphatic carbocycles. The number of hydrogen-bond acceptors (Lipinski definition) is 4. The fourth-order valence-corrected chi connectivity index (χ4v) is 0.739.